The molecule has 2 heterocycles. The number of amides is 1. The predicted octanol–water partition coefficient (Wildman–Crippen LogP) is 0.582. The highest BCUT2D eigenvalue weighted by atomic mass is 16.5. The van der Waals surface area contributed by atoms with Crippen LogP contribution in [-0.2, 0) is 6.54 Å². The Balaban J connectivity index is 2.01. The average Bonchev–Trinajstić information content (AvgIpc) is 2.79. The van der Waals surface area contributed by atoms with E-state index in [2.05, 4.69) is 15.5 Å². The minimum Gasteiger partial charge on any atom is -0.397 e. The Morgan fingerprint density at radius 1 is 1.44 bits per heavy atom. The van der Waals surface area contributed by atoms with E-state index in [1.54, 1.807) is 18.2 Å². The highest BCUT2D eigenvalue weighted by molar-refractivity contribution is 5.96. The van der Waals surface area contributed by atoms with Crippen LogP contribution in [0.25, 0.3) is 0 Å². The first-order valence-corrected chi connectivity index (χ1v) is 4.65. The summed E-state index contributed by atoms with van der Waals surface area (Å²) in [5.41, 5.74) is 6.17. The van der Waals surface area contributed by atoms with E-state index < -0.39 is 0 Å². The van der Waals surface area contributed by atoms with E-state index in [-0.39, 0.29) is 18.1 Å². The van der Waals surface area contributed by atoms with Gasteiger partial charge in [-0.05, 0) is 12.1 Å². The summed E-state index contributed by atoms with van der Waals surface area (Å²) in [5.74, 6) is 0.234. The molecule has 6 heteroatoms. The lowest BCUT2D eigenvalue weighted by molar-refractivity contribution is 0.0943. The van der Waals surface area contributed by atoms with E-state index >= 15 is 0 Å². The molecule has 0 aliphatic rings. The molecule has 2 rings (SSSR count). The number of nitrogens with one attached hydrogen (secondary N) is 1. The van der Waals surface area contributed by atoms with Gasteiger partial charge in [0.05, 0.1) is 18.4 Å². The van der Waals surface area contributed by atoms with Crippen LogP contribution in [0.5, 0.6) is 0 Å². The molecular formula is C10H10N4O2. The number of nitrogen functional groups attached to an aromatic ring is 1. The van der Waals surface area contributed by atoms with E-state index in [1.165, 1.54) is 12.4 Å². The topological polar surface area (TPSA) is 94.0 Å². The summed E-state index contributed by atoms with van der Waals surface area (Å²) in [6, 6.07) is 4.96. The monoisotopic (exact) mass is 218 g/mol. The first-order chi connectivity index (χ1) is 7.77. The van der Waals surface area contributed by atoms with Crippen molar-refractivity contribution in [2.24, 2.45) is 0 Å². The van der Waals surface area contributed by atoms with Gasteiger partial charge in [0.2, 0.25) is 0 Å². The summed E-state index contributed by atoms with van der Waals surface area (Å²) in [6.07, 6.45) is 3.02. The van der Waals surface area contributed by atoms with Crippen molar-refractivity contribution in [1.29, 1.82) is 0 Å². The van der Waals surface area contributed by atoms with Crippen molar-refractivity contribution >= 4 is 11.6 Å². The second-order valence-corrected chi connectivity index (χ2v) is 3.10. The lowest BCUT2D eigenvalue weighted by Gasteiger charge is -2.04. The first-order valence-electron chi connectivity index (χ1n) is 4.65. The van der Waals surface area contributed by atoms with Crippen molar-refractivity contribution in [3.8, 4) is 0 Å². The van der Waals surface area contributed by atoms with Crippen molar-refractivity contribution in [3.63, 3.8) is 0 Å². The number of carbonyl (C=O) groups is 1. The normalized spacial score (nSPS) is 10.0. The van der Waals surface area contributed by atoms with Gasteiger partial charge in [0.1, 0.15) is 0 Å². The van der Waals surface area contributed by atoms with E-state index in [9.17, 15) is 4.79 Å². The van der Waals surface area contributed by atoms with Crippen LogP contribution in [0.3, 0.4) is 0 Å². The lowest BCUT2D eigenvalue weighted by atomic mass is 10.3. The zero-order chi connectivity index (χ0) is 11.4. The van der Waals surface area contributed by atoms with E-state index in [0.29, 0.717) is 11.4 Å². The molecule has 0 saturated heterocycles. The molecule has 2 aromatic heterocycles. The van der Waals surface area contributed by atoms with Crippen LogP contribution in [0.1, 0.15) is 16.2 Å². The van der Waals surface area contributed by atoms with Gasteiger partial charge in [-0.25, -0.2) is 4.98 Å². The largest absolute Gasteiger partial charge is 0.397 e. The second kappa shape index (κ2) is 4.43. The standard InChI is InChI=1S/C10H10N4O2/c11-8-2-1-4-12-9(8)10(15)13-6-7-3-5-14-16-7/h1-5H,6,11H2,(H,13,15). The van der Waals surface area contributed by atoms with Crippen molar-refractivity contribution in [2.45, 2.75) is 6.54 Å². The van der Waals surface area contributed by atoms with Crippen LogP contribution >= 0.6 is 0 Å². The Hall–Kier alpha value is -2.37. The minimum atomic E-state index is -0.338. The molecule has 16 heavy (non-hydrogen) atoms. The molecule has 0 aliphatic heterocycles. The molecule has 0 aromatic carbocycles. The van der Waals surface area contributed by atoms with Crippen molar-refractivity contribution in [1.82, 2.24) is 15.5 Å². The van der Waals surface area contributed by atoms with Crippen LogP contribution in [0.2, 0.25) is 0 Å². The number of carbonyl (C=O) groups excluding carboxylic acids is 1. The summed E-state index contributed by atoms with van der Waals surface area (Å²) in [4.78, 5) is 15.5. The summed E-state index contributed by atoms with van der Waals surface area (Å²) in [5, 5.41) is 6.15. The number of pyridine rings is 1. The Labute approximate surface area is 91.5 Å². The van der Waals surface area contributed by atoms with Gasteiger partial charge in [0, 0.05) is 12.3 Å². The maximum absolute atomic E-state index is 11.6. The molecule has 0 saturated carbocycles. The molecule has 3 N–H and O–H groups in total. The lowest BCUT2D eigenvalue weighted by Crippen LogP contribution is -2.24. The zero-order valence-corrected chi connectivity index (χ0v) is 8.38. The summed E-state index contributed by atoms with van der Waals surface area (Å²) in [6.45, 7) is 0.259. The van der Waals surface area contributed by atoms with Gasteiger partial charge >= 0.3 is 0 Å². The molecule has 1 amide bonds. The van der Waals surface area contributed by atoms with E-state index in [1.807, 2.05) is 0 Å². The fourth-order valence-electron chi connectivity index (χ4n) is 1.19. The number of rotatable bonds is 3. The van der Waals surface area contributed by atoms with Gasteiger partial charge in [-0.2, -0.15) is 0 Å². The molecule has 0 fully saturated rings. The predicted molar refractivity (Wildman–Crippen MR) is 56.3 cm³/mol. The number of nitrogens with zero attached hydrogens (tertiary/aromatic N) is 2. The van der Waals surface area contributed by atoms with Crippen molar-refractivity contribution in [2.75, 3.05) is 5.73 Å². The van der Waals surface area contributed by atoms with Gasteiger partial charge in [0.15, 0.2) is 11.5 Å². The van der Waals surface area contributed by atoms with Crippen LogP contribution in [-0.4, -0.2) is 16.0 Å². The smallest absolute Gasteiger partial charge is 0.272 e. The molecule has 82 valence electrons. The van der Waals surface area contributed by atoms with Crippen LogP contribution in [0.15, 0.2) is 35.1 Å². The maximum atomic E-state index is 11.6. The fourth-order valence-corrected chi connectivity index (χ4v) is 1.19. The summed E-state index contributed by atoms with van der Waals surface area (Å²) >= 11 is 0. The molecule has 0 atom stereocenters. The first kappa shape index (κ1) is 10.2. The summed E-state index contributed by atoms with van der Waals surface area (Å²) in [7, 11) is 0. The zero-order valence-electron chi connectivity index (χ0n) is 8.38. The molecule has 0 spiro atoms. The van der Waals surface area contributed by atoms with Crippen molar-refractivity contribution < 1.29 is 9.32 Å². The molecular weight excluding hydrogens is 208 g/mol. The number of hydrogen-bond acceptors (Lipinski definition) is 5. The Kier molecular flexibility index (Phi) is 2.81. The summed E-state index contributed by atoms with van der Waals surface area (Å²) < 4.78 is 4.83. The maximum Gasteiger partial charge on any atom is 0.272 e. The third-order valence-corrected chi connectivity index (χ3v) is 1.97. The Bertz CT molecular complexity index is 481. The number of aromatic nitrogens is 2. The SMILES string of the molecule is Nc1cccnc1C(=O)NCc1ccno1. The van der Waals surface area contributed by atoms with E-state index in [0.717, 1.165) is 0 Å². The number of nitrogens with two attached hydrogens (primary N) is 1. The molecule has 0 unspecified atom stereocenters. The quantitative estimate of drug-likeness (QED) is 0.785. The van der Waals surface area contributed by atoms with Gasteiger partial charge in [-0.15, -0.1) is 0 Å². The Morgan fingerprint density at radius 3 is 3.00 bits per heavy atom. The molecule has 6 nitrogen and oxygen atoms in total. The fraction of sp³-hybridized carbons (Fsp3) is 0.100. The van der Waals surface area contributed by atoms with Gasteiger partial charge in [0.25, 0.3) is 5.91 Å². The molecule has 0 aliphatic carbocycles. The minimum absolute atomic E-state index is 0.210. The van der Waals surface area contributed by atoms with E-state index in [4.69, 9.17) is 10.3 Å². The third kappa shape index (κ3) is 2.17. The number of hydrogen-bond donors (Lipinski definition) is 2. The van der Waals surface area contributed by atoms with Crippen LogP contribution < -0.4 is 11.1 Å². The average molecular weight is 218 g/mol. The van der Waals surface area contributed by atoms with Gasteiger partial charge in [-0.3, -0.25) is 4.79 Å². The molecule has 0 bridgehead atoms. The second-order valence-electron chi connectivity index (χ2n) is 3.10. The van der Waals surface area contributed by atoms with Crippen LogP contribution in [0.4, 0.5) is 5.69 Å². The Morgan fingerprint density at radius 2 is 2.31 bits per heavy atom. The number of anilines is 1. The highest BCUT2D eigenvalue weighted by Crippen LogP contribution is 2.06. The molecule has 2 aromatic rings. The van der Waals surface area contributed by atoms with Gasteiger partial charge in [-0.1, -0.05) is 5.16 Å². The third-order valence-electron chi connectivity index (χ3n) is 1.97. The van der Waals surface area contributed by atoms with Crippen molar-refractivity contribution in [3.05, 3.63) is 42.0 Å². The van der Waals surface area contributed by atoms with Gasteiger partial charge < -0.3 is 15.6 Å². The molecule has 0 radical (unpaired) electrons. The van der Waals surface area contributed by atoms with Crippen LogP contribution in [0, 0.1) is 0 Å². The highest BCUT2D eigenvalue weighted by Gasteiger charge is 2.10.